The minimum atomic E-state index is 0.105. The van der Waals surface area contributed by atoms with Gasteiger partial charge in [-0.25, -0.2) is 0 Å². The van der Waals surface area contributed by atoms with Crippen LogP contribution in [0, 0.1) is 47.3 Å². The Morgan fingerprint density at radius 2 is 0.847 bits per heavy atom. The SMILES string of the molecule is c1ccc2c(c1)-c1ccc(N(c3ccc4c(c3)C3(c5ccccc5-4)C4CC5CC(C4)CC3C5)c3ccc4oc5ccccc5c4c3)cc1C21C2CCC3CC(C2)CC1C3. The van der Waals surface area contributed by atoms with Crippen LogP contribution in [0.1, 0.15) is 92.9 Å². The molecule has 0 N–H and O–H groups in total. The molecule has 8 fully saturated rings. The minimum absolute atomic E-state index is 0.105. The fourth-order valence-corrected chi connectivity index (χ4v) is 17.0. The number of para-hydroxylation sites is 1. The predicted octanol–water partition coefficient (Wildman–Crippen LogP) is 14.9. The Morgan fingerprint density at radius 3 is 1.51 bits per heavy atom. The van der Waals surface area contributed by atoms with Gasteiger partial charge < -0.3 is 9.32 Å². The highest BCUT2D eigenvalue weighted by Crippen LogP contribution is 2.71. The number of rotatable bonds is 3. The average Bonchev–Trinajstić information content (AvgIpc) is 3.81. The van der Waals surface area contributed by atoms with E-state index in [9.17, 15) is 0 Å². The Morgan fingerprint density at radius 1 is 0.373 bits per heavy atom. The van der Waals surface area contributed by atoms with Gasteiger partial charge in [0, 0.05) is 38.7 Å². The molecule has 2 nitrogen and oxygen atoms in total. The summed E-state index contributed by atoms with van der Waals surface area (Å²) in [5.41, 5.74) is 18.4. The lowest BCUT2D eigenvalue weighted by Gasteiger charge is -2.61. The average molecular weight is 766 g/mol. The summed E-state index contributed by atoms with van der Waals surface area (Å²) in [7, 11) is 0. The number of nitrogens with zero attached hydrogens (tertiary/aromatic N) is 1. The van der Waals surface area contributed by atoms with E-state index in [0.717, 1.165) is 52.6 Å². The molecule has 10 aliphatic rings. The Bertz CT molecular complexity index is 2890. The molecule has 0 radical (unpaired) electrons. The van der Waals surface area contributed by atoms with Crippen molar-refractivity contribution in [2.75, 3.05) is 4.90 Å². The van der Waals surface area contributed by atoms with Crippen LogP contribution in [0.2, 0.25) is 0 Å². The molecule has 0 aliphatic heterocycles. The van der Waals surface area contributed by atoms with Crippen molar-refractivity contribution in [3.63, 3.8) is 0 Å². The lowest BCUT2D eigenvalue weighted by Crippen LogP contribution is -2.55. The molecule has 10 aliphatic carbocycles. The van der Waals surface area contributed by atoms with Gasteiger partial charge in [-0.15, -0.1) is 0 Å². The van der Waals surface area contributed by atoms with E-state index in [4.69, 9.17) is 4.42 Å². The second-order valence-corrected chi connectivity index (χ2v) is 20.9. The maximum atomic E-state index is 6.44. The van der Waals surface area contributed by atoms with Gasteiger partial charge >= 0.3 is 0 Å². The van der Waals surface area contributed by atoms with E-state index in [1.807, 2.05) is 0 Å². The third-order valence-electron chi connectivity index (χ3n) is 18.5. The summed E-state index contributed by atoms with van der Waals surface area (Å²) in [5, 5.41) is 2.38. The molecule has 17 rings (SSSR count). The molecular formula is C57H51NO. The van der Waals surface area contributed by atoms with Gasteiger partial charge in [-0.2, -0.15) is 0 Å². The largest absolute Gasteiger partial charge is 0.456 e. The smallest absolute Gasteiger partial charge is 0.135 e. The standard InChI is InChI=1S/C57H51NO/c1-4-10-50-44(7-1)46-18-15-42(31-52(46)56(50)37-14-13-33-21-34(24-37)25-38(56)23-33)58(41-17-20-55-49(30-41)48-9-3-6-12-54(48)59-55)43-16-19-47-45-8-2-5-11-51(45)57(53(47)32-43)39-26-35-22-36(28-39)29-40(57)27-35/h1-12,15-20,30-40H,13-14,21-29H2. The van der Waals surface area contributed by atoms with Gasteiger partial charge in [0.05, 0.1) is 0 Å². The topological polar surface area (TPSA) is 16.4 Å². The number of furan rings is 1. The van der Waals surface area contributed by atoms with Crippen molar-refractivity contribution >= 4 is 39.0 Å². The summed E-state index contributed by atoms with van der Waals surface area (Å²) in [5.74, 6) is 6.58. The lowest BCUT2D eigenvalue weighted by molar-refractivity contribution is -0.0399. The molecule has 0 amide bonds. The van der Waals surface area contributed by atoms with Crippen LogP contribution in [0.3, 0.4) is 0 Å². The number of anilines is 3. The number of hydrogen-bond acceptors (Lipinski definition) is 2. The molecule has 2 spiro atoms. The highest BCUT2D eigenvalue weighted by Gasteiger charge is 2.62. The molecule has 2 heteroatoms. The van der Waals surface area contributed by atoms with Crippen molar-refractivity contribution in [1.82, 2.24) is 0 Å². The molecule has 290 valence electrons. The van der Waals surface area contributed by atoms with Crippen molar-refractivity contribution in [2.24, 2.45) is 47.3 Å². The zero-order chi connectivity index (χ0) is 38.2. The molecule has 0 saturated heterocycles. The van der Waals surface area contributed by atoms with Crippen LogP contribution in [0.15, 0.2) is 132 Å². The van der Waals surface area contributed by atoms with Crippen LogP contribution < -0.4 is 4.90 Å². The molecule has 5 unspecified atom stereocenters. The van der Waals surface area contributed by atoms with Crippen molar-refractivity contribution < 1.29 is 4.42 Å². The maximum absolute atomic E-state index is 6.44. The first kappa shape index (κ1) is 32.7. The Hall–Kier alpha value is -5.08. The third-order valence-corrected chi connectivity index (χ3v) is 18.5. The van der Waals surface area contributed by atoms with E-state index in [2.05, 4.69) is 132 Å². The summed E-state index contributed by atoms with van der Waals surface area (Å²) in [6, 6.07) is 50.1. The van der Waals surface area contributed by atoms with Gasteiger partial charge in [-0.1, -0.05) is 85.3 Å². The van der Waals surface area contributed by atoms with Crippen LogP contribution in [0.25, 0.3) is 44.2 Å². The molecule has 59 heavy (non-hydrogen) atoms. The lowest BCUT2D eigenvalue weighted by atomic mass is 9.43. The van der Waals surface area contributed by atoms with Crippen molar-refractivity contribution in [3.8, 4) is 22.3 Å². The zero-order valence-electron chi connectivity index (χ0n) is 33.9. The molecule has 5 atom stereocenters. The van der Waals surface area contributed by atoms with Crippen molar-refractivity contribution in [3.05, 3.63) is 150 Å². The second-order valence-electron chi connectivity index (χ2n) is 20.9. The third kappa shape index (κ3) is 4.06. The van der Waals surface area contributed by atoms with Crippen LogP contribution >= 0.6 is 0 Å². The van der Waals surface area contributed by atoms with E-state index >= 15 is 0 Å². The minimum Gasteiger partial charge on any atom is -0.456 e. The van der Waals surface area contributed by atoms with E-state index in [1.165, 1.54) is 121 Å². The fraction of sp³-hybridized carbons (Fsp3) is 0.368. The molecule has 1 heterocycles. The Balaban J connectivity index is 0.971. The number of benzene rings is 6. The van der Waals surface area contributed by atoms with E-state index in [0.29, 0.717) is 5.92 Å². The molecular weight excluding hydrogens is 715 g/mol. The summed E-state index contributed by atoms with van der Waals surface area (Å²) in [6.07, 6.45) is 15.5. The number of hydrogen-bond donors (Lipinski definition) is 0. The van der Waals surface area contributed by atoms with Crippen LogP contribution in [-0.4, -0.2) is 0 Å². The Kier molecular flexibility index (Phi) is 6.32. The zero-order valence-corrected chi connectivity index (χ0v) is 33.9. The summed E-state index contributed by atoms with van der Waals surface area (Å²) < 4.78 is 6.44. The first-order chi connectivity index (χ1) is 29.1. The van der Waals surface area contributed by atoms with E-state index in [-0.39, 0.29) is 10.8 Å². The first-order valence-electron chi connectivity index (χ1n) is 23.3. The monoisotopic (exact) mass is 765 g/mol. The quantitative estimate of drug-likeness (QED) is 0.178. The van der Waals surface area contributed by atoms with Crippen LogP contribution in [-0.2, 0) is 10.8 Å². The highest BCUT2D eigenvalue weighted by atomic mass is 16.3. The van der Waals surface area contributed by atoms with Crippen LogP contribution in [0.5, 0.6) is 0 Å². The molecule has 1 aromatic heterocycles. The summed E-state index contributed by atoms with van der Waals surface area (Å²) >= 11 is 0. The predicted molar refractivity (Wildman–Crippen MR) is 240 cm³/mol. The molecule has 8 bridgehead atoms. The van der Waals surface area contributed by atoms with Crippen LogP contribution in [0.4, 0.5) is 17.1 Å². The van der Waals surface area contributed by atoms with Gasteiger partial charge in [0.25, 0.3) is 0 Å². The normalized spacial score (nSPS) is 33.5. The van der Waals surface area contributed by atoms with Gasteiger partial charge in [0.1, 0.15) is 11.2 Å². The summed E-state index contributed by atoms with van der Waals surface area (Å²) in [4.78, 5) is 2.65. The van der Waals surface area contributed by atoms with Crippen molar-refractivity contribution in [2.45, 2.75) is 81.5 Å². The highest BCUT2D eigenvalue weighted by molar-refractivity contribution is 6.06. The van der Waals surface area contributed by atoms with Gasteiger partial charge in [0.15, 0.2) is 0 Å². The van der Waals surface area contributed by atoms with Gasteiger partial charge in [-0.05, 0) is 205 Å². The van der Waals surface area contributed by atoms with Gasteiger partial charge in [0.2, 0.25) is 0 Å². The van der Waals surface area contributed by atoms with Crippen molar-refractivity contribution in [1.29, 1.82) is 0 Å². The van der Waals surface area contributed by atoms with Gasteiger partial charge in [-0.3, -0.25) is 0 Å². The second kappa shape index (κ2) is 11.4. The molecule has 8 saturated carbocycles. The first-order valence-corrected chi connectivity index (χ1v) is 23.3. The number of fused-ring (bicyclic) bond motifs is 10. The maximum Gasteiger partial charge on any atom is 0.135 e. The fourth-order valence-electron chi connectivity index (χ4n) is 17.0. The Labute approximate surface area is 347 Å². The van der Waals surface area contributed by atoms with E-state index < -0.39 is 0 Å². The molecule has 6 aromatic carbocycles. The van der Waals surface area contributed by atoms with E-state index in [1.54, 1.807) is 22.3 Å². The molecule has 7 aromatic rings. The summed E-state index contributed by atoms with van der Waals surface area (Å²) in [6.45, 7) is 0.